The Morgan fingerprint density at radius 3 is 2.61 bits per heavy atom. The van der Waals surface area contributed by atoms with E-state index in [2.05, 4.69) is 34.9 Å². The monoisotopic (exact) mass is 249 g/mol. The normalized spacial score (nSPS) is 24.3. The number of nitrogens with one attached hydrogen (secondary N) is 1. The molecule has 1 aromatic rings. The van der Waals surface area contributed by atoms with E-state index in [0.717, 1.165) is 31.5 Å². The van der Waals surface area contributed by atoms with Crippen molar-refractivity contribution < 1.29 is 0 Å². The Hall–Kier alpha value is -0.830. The third-order valence-corrected chi connectivity index (χ3v) is 4.26. The standard InChI is InChI=1S/C15H27N3/c1-3-13-5-7-14(8-6-13)10-18-11-15(17-12-18)9-16-4-2/h11-14,16H,3-10H2,1-2H3. The van der Waals surface area contributed by atoms with Gasteiger partial charge < -0.3 is 9.88 Å². The maximum atomic E-state index is 4.45. The van der Waals surface area contributed by atoms with Gasteiger partial charge in [0.25, 0.3) is 0 Å². The molecular formula is C15H27N3. The summed E-state index contributed by atoms with van der Waals surface area (Å²) in [4.78, 5) is 4.45. The molecule has 1 aromatic heterocycles. The molecule has 0 unspecified atom stereocenters. The van der Waals surface area contributed by atoms with Crippen molar-refractivity contribution in [2.75, 3.05) is 6.54 Å². The molecule has 1 N–H and O–H groups in total. The molecule has 102 valence electrons. The first-order valence-electron chi connectivity index (χ1n) is 7.53. The third-order valence-electron chi connectivity index (χ3n) is 4.26. The Morgan fingerprint density at radius 2 is 1.94 bits per heavy atom. The van der Waals surface area contributed by atoms with E-state index in [1.165, 1.54) is 37.8 Å². The van der Waals surface area contributed by atoms with Crippen LogP contribution in [0.1, 0.15) is 51.6 Å². The molecule has 0 radical (unpaired) electrons. The van der Waals surface area contributed by atoms with Crippen molar-refractivity contribution >= 4 is 0 Å². The molecule has 0 aromatic carbocycles. The molecule has 1 aliphatic carbocycles. The van der Waals surface area contributed by atoms with Gasteiger partial charge in [0.15, 0.2) is 0 Å². The zero-order valence-electron chi connectivity index (χ0n) is 11.9. The van der Waals surface area contributed by atoms with E-state index in [1.807, 2.05) is 6.33 Å². The Balaban J connectivity index is 1.77. The predicted molar refractivity (Wildman–Crippen MR) is 75.3 cm³/mol. The van der Waals surface area contributed by atoms with Gasteiger partial charge in [-0.25, -0.2) is 4.98 Å². The summed E-state index contributed by atoms with van der Waals surface area (Å²) in [5, 5.41) is 3.32. The van der Waals surface area contributed by atoms with E-state index < -0.39 is 0 Å². The van der Waals surface area contributed by atoms with Crippen molar-refractivity contribution in [2.45, 2.75) is 59.0 Å². The zero-order valence-corrected chi connectivity index (χ0v) is 11.9. The molecule has 0 saturated heterocycles. The SMILES string of the molecule is CCNCc1cn(CC2CCC(CC)CC2)cn1. The quantitative estimate of drug-likeness (QED) is 0.839. The van der Waals surface area contributed by atoms with E-state index in [0.29, 0.717) is 0 Å². The highest BCUT2D eigenvalue weighted by atomic mass is 15.0. The van der Waals surface area contributed by atoms with Crippen molar-refractivity contribution in [3.8, 4) is 0 Å². The fraction of sp³-hybridized carbons (Fsp3) is 0.800. The van der Waals surface area contributed by atoms with E-state index in [4.69, 9.17) is 0 Å². The Morgan fingerprint density at radius 1 is 1.22 bits per heavy atom. The molecule has 18 heavy (non-hydrogen) atoms. The van der Waals surface area contributed by atoms with Gasteiger partial charge in [0.05, 0.1) is 12.0 Å². The second kappa shape index (κ2) is 6.93. The summed E-state index contributed by atoms with van der Waals surface area (Å²) in [6.45, 7) is 7.52. The number of hydrogen-bond acceptors (Lipinski definition) is 2. The van der Waals surface area contributed by atoms with Gasteiger partial charge >= 0.3 is 0 Å². The number of aromatic nitrogens is 2. The summed E-state index contributed by atoms with van der Waals surface area (Å²) < 4.78 is 2.28. The van der Waals surface area contributed by atoms with Gasteiger partial charge in [-0.15, -0.1) is 0 Å². The number of nitrogens with zero attached hydrogens (tertiary/aromatic N) is 2. The maximum absolute atomic E-state index is 4.45. The molecule has 0 spiro atoms. The van der Waals surface area contributed by atoms with Crippen molar-refractivity contribution in [3.63, 3.8) is 0 Å². The molecule has 2 rings (SSSR count). The Labute approximate surface area is 111 Å². The van der Waals surface area contributed by atoms with Gasteiger partial charge in [0, 0.05) is 19.3 Å². The lowest BCUT2D eigenvalue weighted by Crippen LogP contribution is -2.18. The van der Waals surface area contributed by atoms with Crippen LogP contribution in [0.15, 0.2) is 12.5 Å². The molecular weight excluding hydrogens is 222 g/mol. The first kappa shape index (κ1) is 13.6. The van der Waals surface area contributed by atoms with Crippen LogP contribution in [-0.4, -0.2) is 16.1 Å². The average Bonchev–Trinajstić information content (AvgIpc) is 2.85. The van der Waals surface area contributed by atoms with Crippen molar-refractivity contribution in [1.29, 1.82) is 0 Å². The van der Waals surface area contributed by atoms with Crippen LogP contribution < -0.4 is 5.32 Å². The summed E-state index contributed by atoms with van der Waals surface area (Å²) in [5.74, 6) is 1.86. The number of imidazole rings is 1. The topological polar surface area (TPSA) is 29.9 Å². The largest absolute Gasteiger partial charge is 0.337 e. The van der Waals surface area contributed by atoms with Gasteiger partial charge in [0.1, 0.15) is 0 Å². The Kier molecular flexibility index (Phi) is 5.24. The van der Waals surface area contributed by atoms with E-state index in [-0.39, 0.29) is 0 Å². The van der Waals surface area contributed by atoms with Crippen LogP contribution in [0.3, 0.4) is 0 Å². The van der Waals surface area contributed by atoms with Crippen LogP contribution in [0.4, 0.5) is 0 Å². The molecule has 1 aliphatic rings. The van der Waals surface area contributed by atoms with Gasteiger partial charge in [-0.3, -0.25) is 0 Å². The summed E-state index contributed by atoms with van der Waals surface area (Å²) in [5.41, 5.74) is 1.17. The minimum absolute atomic E-state index is 0.869. The second-order valence-corrected chi connectivity index (χ2v) is 5.64. The van der Waals surface area contributed by atoms with Crippen LogP contribution in [0.25, 0.3) is 0 Å². The lowest BCUT2D eigenvalue weighted by molar-refractivity contribution is 0.247. The zero-order chi connectivity index (χ0) is 12.8. The highest BCUT2D eigenvalue weighted by Gasteiger charge is 2.20. The maximum Gasteiger partial charge on any atom is 0.0950 e. The summed E-state index contributed by atoms with van der Waals surface area (Å²) >= 11 is 0. The van der Waals surface area contributed by atoms with Crippen LogP contribution >= 0.6 is 0 Å². The highest BCUT2D eigenvalue weighted by molar-refractivity contribution is 4.96. The molecule has 0 amide bonds. The van der Waals surface area contributed by atoms with Crippen LogP contribution in [0, 0.1) is 11.8 Å². The van der Waals surface area contributed by atoms with Gasteiger partial charge in [-0.1, -0.05) is 33.1 Å². The minimum Gasteiger partial charge on any atom is -0.337 e. The van der Waals surface area contributed by atoms with Crippen molar-refractivity contribution in [3.05, 3.63) is 18.2 Å². The average molecular weight is 249 g/mol. The smallest absolute Gasteiger partial charge is 0.0950 e. The van der Waals surface area contributed by atoms with Crippen molar-refractivity contribution in [2.24, 2.45) is 11.8 Å². The van der Waals surface area contributed by atoms with Gasteiger partial charge in [-0.2, -0.15) is 0 Å². The van der Waals surface area contributed by atoms with Crippen molar-refractivity contribution in [1.82, 2.24) is 14.9 Å². The molecule has 3 nitrogen and oxygen atoms in total. The van der Waals surface area contributed by atoms with E-state index in [1.54, 1.807) is 0 Å². The third kappa shape index (κ3) is 3.84. The molecule has 0 atom stereocenters. The molecule has 1 fully saturated rings. The first-order chi connectivity index (χ1) is 8.81. The molecule has 0 aliphatic heterocycles. The fourth-order valence-corrected chi connectivity index (χ4v) is 2.97. The van der Waals surface area contributed by atoms with Crippen LogP contribution in [0.5, 0.6) is 0 Å². The molecule has 1 heterocycles. The molecule has 1 saturated carbocycles. The van der Waals surface area contributed by atoms with E-state index >= 15 is 0 Å². The molecule has 3 heteroatoms. The summed E-state index contributed by atoms with van der Waals surface area (Å²) in [7, 11) is 0. The fourth-order valence-electron chi connectivity index (χ4n) is 2.97. The second-order valence-electron chi connectivity index (χ2n) is 5.64. The van der Waals surface area contributed by atoms with Crippen LogP contribution in [-0.2, 0) is 13.1 Å². The lowest BCUT2D eigenvalue weighted by atomic mass is 9.81. The molecule has 0 bridgehead atoms. The Bertz CT molecular complexity index is 337. The number of rotatable bonds is 6. The van der Waals surface area contributed by atoms with Crippen LogP contribution in [0.2, 0.25) is 0 Å². The van der Waals surface area contributed by atoms with Gasteiger partial charge in [-0.05, 0) is 31.2 Å². The predicted octanol–water partition coefficient (Wildman–Crippen LogP) is 3.21. The summed E-state index contributed by atoms with van der Waals surface area (Å²) in [6, 6.07) is 0. The number of hydrogen-bond donors (Lipinski definition) is 1. The minimum atomic E-state index is 0.869. The lowest BCUT2D eigenvalue weighted by Gasteiger charge is -2.27. The van der Waals surface area contributed by atoms with E-state index in [9.17, 15) is 0 Å². The summed E-state index contributed by atoms with van der Waals surface area (Å²) in [6.07, 6.45) is 11.2. The first-order valence-corrected chi connectivity index (χ1v) is 7.53. The van der Waals surface area contributed by atoms with Gasteiger partial charge in [0.2, 0.25) is 0 Å². The highest BCUT2D eigenvalue weighted by Crippen LogP contribution is 2.31.